The van der Waals surface area contributed by atoms with Crippen LogP contribution in [0.5, 0.6) is 0 Å². The molecule has 0 spiro atoms. The van der Waals surface area contributed by atoms with Gasteiger partial charge in [0.15, 0.2) is 5.78 Å². The summed E-state index contributed by atoms with van der Waals surface area (Å²) in [5.74, 6) is -2.15. The van der Waals surface area contributed by atoms with Crippen molar-refractivity contribution in [2.45, 2.75) is 45.4 Å². The second-order valence-electron chi connectivity index (χ2n) is 10.4. The minimum absolute atomic E-state index is 0.0244. The van der Waals surface area contributed by atoms with Crippen LogP contribution in [0, 0.1) is 11.8 Å². The predicted molar refractivity (Wildman–Crippen MR) is 149 cm³/mol. The van der Waals surface area contributed by atoms with E-state index in [0.29, 0.717) is 21.2 Å². The zero-order valence-corrected chi connectivity index (χ0v) is 23.6. The van der Waals surface area contributed by atoms with Gasteiger partial charge in [-0.15, -0.1) is 0 Å². The number of aromatic nitrogens is 1. The van der Waals surface area contributed by atoms with Crippen LogP contribution in [0.3, 0.4) is 0 Å². The first kappa shape index (κ1) is 28.2. The number of hydrogen-bond acceptors (Lipinski definition) is 9. The molecule has 2 N–H and O–H groups in total. The van der Waals surface area contributed by atoms with Crippen molar-refractivity contribution < 1.29 is 34.1 Å². The second kappa shape index (κ2) is 10.9. The van der Waals surface area contributed by atoms with E-state index in [1.54, 1.807) is 10.9 Å². The van der Waals surface area contributed by atoms with Crippen molar-refractivity contribution in [3.05, 3.63) is 57.0 Å². The van der Waals surface area contributed by atoms with Crippen molar-refractivity contribution in [1.82, 2.24) is 8.86 Å². The summed E-state index contributed by atoms with van der Waals surface area (Å²) in [5.41, 5.74) is 1.70. The summed E-state index contributed by atoms with van der Waals surface area (Å²) in [4.78, 5) is 53.9. The van der Waals surface area contributed by atoms with Crippen molar-refractivity contribution in [2.24, 2.45) is 11.8 Å². The summed E-state index contributed by atoms with van der Waals surface area (Å²) in [6.45, 7) is 3.23. The molecular weight excluding hydrogens is 536 g/mol. The molecule has 5 rings (SSSR count). The van der Waals surface area contributed by atoms with E-state index in [4.69, 9.17) is 9.47 Å². The third-order valence-corrected chi connectivity index (χ3v) is 9.20. The van der Waals surface area contributed by atoms with Crippen LogP contribution in [0.15, 0.2) is 40.3 Å². The fourth-order valence-corrected chi connectivity index (χ4v) is 7.50. The molecule has 1 aromatic heterocycles. The van der Waals surface area contributed by atoms with E-state index in [0.717, 1.165) is 16.3 Å². The second-order valence-corrected chi connectivity index (χ2v) is 11.4. The number of β-lactam (4-membered cyclic amide) rings is 1. The number of aliphatic hydroxyl groups is 2. The SMILES string of the molecule is COCC(=O)Cc1c(CCO)c2ccccc2c2sn(CC3=C(C(=O)OC)N4C(=O)[C@H]([C@@H](C)O)C4[C@H]3C)c(=O)c12. The molecule has 11 heteroatoms. The molecule has 10 nitrogen and oxygen atoms in total. The quantitative estimate of drug-likeness (QED) is 0.279. The van der Waals surface area contributed by atoms with Gasteiger partial charge < -0.3 is 24.6 Å². The molecule has 3 heterocycles. The highest BCUT2D eigenvalue weighted by molar-refractivity contribution is 7.15. The van der Waals surface area contributed by atoms with Crippen molar-refractivity contribution in [3.63, 3.8) is 0 Å². The van der Waals surface area contributed by atoms with Crippen LogP contribution < -0.4 is 5.56 Å². The van der Waals surface area contributed by atoms with Gasteiger partial charge in [0.1, 0.15) is 12.3 Å². The Morgan fingerprint density at radius 3 is 2.45 bits per heavy atom. The number of carbonyl (C=O) groups is 3. The third-order valence-electron chi connectivity index (χ3n) is 8.08. The summed E-state index contributed by atoms with van der Waals surface area (Å²) >= 11 is 1.24. The molecule has 4 atom stereocenters. The lowest BCUT2D eigenvalue weighted by atomic mass is 9.78. The normalized spacial score (nSPS) is 21.2. The maximum atomic E-state index is 14.1. The average Bonchev–Trinajstić information content (AvgIpc) is 3.37. The Bertz CT molecular complexity index is 1620. The molecule has 2 aliphatic rings. The van der Waals surface area contributed by atoms with Crippen LogP contribution in [0.25, 0.3) is 20.9 Å². The molecule has 0 aliphatic carbocycles. The van der Waals surface area contributed by atoms with Crippen LogP contribution >= 0.6 is 11.5 Å². The Labute approximate surface area is 234 Å². The van der Waals surface area contributed by atoms with E-state index in [2.05, 4.69) is 0 Å². The van der Waals surface area contributed by atoms with Gasteiger partial charge in [0.25, 0.3) is 5.56 Å². The number of ketones is 1. The number of methoxy groups -OCH3 is 2. The summed E-state index contributed by atoms with van der Waals surface area (Å²) in [5, 5.41) is 22.2. The zero-order valence-electron chi connectivity index (χ0n) is 22.8. The van der Waals surface area contributed by atoms with Crippen LogP contribution in [-0.4, -0.2) is 76.3 Å². The topological polar surface area (TPSA) is 135 Å². The molecule has 1 fully saturated rings. The monoisotopic (exact) mass is 568 g/mol. The lowest BCUT2D eigenvalue weighted by molar-refractivity contribution is -0.163. The van der Waals surface area contributed by atoms with Crippen molar-refractivity contribution in [2.75, 3.05) is 27.4 Å². The van der Waals surface area contributed by atoms with Gasteiger partial charge in [-0.25, -0.2) is 4.79 Å². The molecule has 0 saturated carbocycles. The highest BCUT2D eigenvalue weighted by Gasteiger charge is 2.60. The summed E-state index contributed by atoms with van der Waals surface area (Å²) < 4.78 is 12.3. The molecule has 2 aliphatic heterocycles. The molecular formula is C29H32N2O8S. The molecule has 212 valence electrons. The molecule has 1 amide bonds. The molecule has 40 heavy (non-hydrogen) atoms. The lowest BCUT2D eigenvalue weighted by Crippen LogP contribution is -2.63. The predicted octanol–water partition coefficient (Wildman–Crippen LogP) is 1.79. The number of hydrogen-bond donors (Lipinski definition) is 2. The number of amides is 1. The van der Waals surface area contributed by atoms with Gasteiger partial charge >= 0.3 is 5.97 Å². The van der Waals surface area contributed by atoms with E-state index in [9.17, 15) is 29.4 Å². The maximum Gasteiger partial charge on any atom is 0.354 e. The lowest BCUT2D eigenvalue weighted by Gasteiger charge is -2.46. The van der Waals surface area contributed by atoms with Crippen LogP contribution in [0.2, 0.25) is 0 Å². The summed E-state index contributed by atoms with van der Waals surface area (Å²) in [6.07, 6.45) is -0.635. The molecule has 1 unspecified atom stereocenters. The summed E-state index contributed by atoms with van der Waals surface area (Å²) in [7, 11) is 2.68. The van der Waals surface area contributed by atoms with Gasteiger partial charge in [0.2, 0.25) is 5.91 Å². The highest BCUT2D eigenvalue weighted by atomic mass is 32.1. The van der Waals surface area contributed by atoms with E-state index in [1.807, 2.05) is 31.2 Å². The van der Waals surface area contributed by atoms with Crippen molar-refractivity contribution in [3.8, 4) is 0 Å². The van der Waals surface area contributed by atoms with Gasteiger partial charge in [-0.3, -0.25) is 18.3 Å². The van der Waals surface area contributed by atoms with Crippen LogP contribution in [-0.2, 0) is 43.2 Å². The number of carbonyl (C=O) groups excluding carboxylic acids is 3. The highest BCUT2D eigenvalue weighted by Crippen LogP contribution is 2.48. The Balaban J connectivity index is 1.70. The van der Waals surface area contributed by atoms with Crippen LogP contribution in [0.4, 0.5) is 0 Å². The minimum Gasteiger partial charge on any atom is -0.464 e. The average molecular weight is 569 g/mol. The van der Waals surface area contributed by atoms with Gasteiger partial charge in [0, 0.05) is 31.4 Å². The Kier molecular flexibility index (Phi) is 7.66. The minimum atomic E-state index is -0.884. The van der Waals surface area contributed by atoms with Gasteiger partial charge in [-0.1, -0.05) is 42.7 Å². The maximum absolute atomic E-state index is 14.1. The largest absolute Gasteiger partial charge is 0.464 e. The van der Waals surface area contributed by atoms with E-state index in [-0.39, 0.29) is 61.5 Å². The number of benzene rings is 2. The first-order valence-corrected chi connectivity index (χ1v) is 13.9. The Morgan fingerprint density at radius 1 is 1.12 bits per heavy atom. The number of esters is 1. The molecule has 0 radical (unpaired) electrons. The van der Waals surface area contributed by atoms with Crippen molar-refractivity contribution >= 4 is 50.1 Å². The van der Waals surface area contributed by atoms with Gasteiger partial charge in [0.05, 0.1) is 41.8 Å². The third kappa shape index (κ3) is 4.28. The number of fused-ring (bicyclic) bond motifs is 4. The van der Waals surface area contributed by atoms with E-state index < -0.39 is 24.0 Å². The first-order chi connectivity index (χ1) is 19.2. The summed E-state index contributed by atoms with van der Waals surface area (Å²) in [6, 6.07) is 7.18. The molecule has 3 aromatic rings. The van der Waals surface area contributed by atoms with E-state index >= 15 is 0 Å². The fraction of sp³-hybridized carbons (Fsp3) is 0.448. The smallest absolute Gasteiger partial charge is 0.354 e. The number of rotatable bonds is 10. The standard InChI is InChI=1S/C29H32N2O8S/c1-14-21(25(29(37)39-4)31-24(14)22(15(2)33)28(31)36)12-30-27(35)23-20(11-16(34)13-38-3)18(9-10-32)17-7-5-6-8-19(17)26(23)40-30/h5-8,14-15,22,24,32-33H,9-13H2,1-4H3/t14-,15+,22+,24?/m0/s1. The molecule has 1 saturated heterocycles. The molecule has 2 aromatic carbocycles. The number of ether oxygens (including phenoxy) is 2. The fourth-order valence-electron chi connectivity index (χ4n) is 6.33. The molecule has 0 bridgehead atoms. The number of aliphatic hydroxyl groups excluding tert-OH is 2. The van der Waals surface area contributed by atoms with Crippen LogP contribution in [0.1, 0.15) is 25.0 Å². The number of nitrogens with zero attached hydrogens (tertiary/aromatic N) is 2. The van der Waals surface area contributed by atoms with Gasteiger partial charge in [-0.2, -0.15) is 0 Å². The van der Waals surface area contributed by atoms with Crippen molar-refractivity contribution in [1.29, 1.82) is 0 Å². The zero-order chi connectivity index (χ0) is 28.9. The Hall–Kier alpha value is -3.38. The van der Waals surface area contributed by atoms with Gasteiger partial charge in [-0.05, 0) is 35.4 Å². The number of Topliss-reactive ketones (excluding diaryl/α,β-unsaturated/α-hetero) is 1. The van der Waals surface area contributed by atoms with E-state index in [1.165, 1.54) is 30.7 Å². The first-order valence-electron chi connectivity index (χ1n) is 13.2. The Morgan fingerprint density at radius 2 is 1.82 bits per heavy atom.